The zero-order chi connectivity index (χ0) is 19.6. The molecule has 1 atom stereocenters. The van der Waals surface area contributed by atoms with Gasteiger partial charge in [-0.3, -0.25) is 4.79 Å². The number of hydrogen-bond donors (Lipinski definition) is 1. The van der Waals surface area contributed by atoms with Crippen molar-refractivity contribution in [2.45, 2.75) is 30.3 Å². The normalized spacial score (nSPS) is 19.8. The minimum Gasteiger partial charge on any atom is -0.485 e. The van der Waals surface area contributed by atoms with E-state index >= 15 is 0 Å². The van der Waals surface area contributed by atoms with Crippen LogP contribution in [0, 0.1) is 0 Å². The van der Waals surface area contributed by atoms with Crippen molar-refractivity contribution in [1.29, 1.82) is 0 Å². The lowest BCUT2D eigenvalue weighted by Crippen LogP contribution is -2.40. The molecule has 8 heteroatoms. The molecule has 0 spiro atoms. The molecule has 2 aliphatic rings. The van der Waals surface area contributed by atoms with Crippen LogP contribution in [0.2, 0.25) is 0 Å². The number of sulfonamides is 1. The number of carbonyl (C=O) groups excluding carboxylic acids is 1. The Bertz CT molecular complexity index is 953. The van der Waals surface area contributed by atoms with Crippen molar-refractivity contribution in [1.82, 2.24) is 4.31 Å². The second-order valence-corrected chi connectivity index (χ2v) is 8.78. The molecule has 0 saturated carbocycles. The average Bonchev–Trinajstić information content (AvgIpc) is 2.74. The Morgan fingerprint density at radius 3 is 2.36 bits per heavy atom. The monoisotopic (exact) mass is 402 g/mol. The third-order valence-corrected chi connectivity index (χ3v) is 6.79. The first-order valence-electron chi connectivity index (χ1n) is 9.33. The van der Waals surface area contributed by atoms with Gasteiger partial charge in [0.05, 0.1) is 4.90 Å². The molecule has 0 radical (unpaired) electrons. The number of benzene rings is 2. The van der Waals surface area contributed by atoms with Crippen molar-refractivity contribution in [2.24, 2.45) is 0 Å². The van der Waals surface area contributed by atoms with E-state index < -0.39 is 16.1 Å². The topological polar surface area (TPSA) is 84.9 Å². The standard InChI is InChI=1S/C20H22N2O5S/c23-20(19-14-26-17-6-2-3-7-18(17)27-19)21-15-8-10-16(11-9-15)28(24,25)22-12-4-1-5-13-22/h2-3,6-11,19H,1,4-5,12-14H2,(H,21,23)/t19-/m1/s1. The van der Waals surface area contributed by atoms with E-state index in [1.807, 2.05) is 12.1 Å². The Hall–Kier alpha value is -2.58. The second kappa shape index (κ2) is 7.81. The van der Waals surface area contributed by atoms with Crippen molar-refractivity contribution < 1.29 is 22.7 Å². The maximum Gasteiger partial charge on any atom is 0.269 e. The van der Waals surface area contributed by atoms with Crippen molar-refractivity contribution in [3.63, 3.8) is 0 Å². The Balaban J connectivity index is 1.41. The molecule has 0 aromatic heterocycles. The van der Waals surface area contributed by atoms with Crippen molar-refractivity contribution in [3.8, 4) is 11.5 Å². The number of rotatable bonds is 4. The number of nitrogens with one attached hydrogen (secondary N) is 1. The third kappa shape index (κ3) is 3.83. The SMILES string of the molecule is O=C(Nc1ccc(S(=O)(=O)N2CCCCC2)cc1)[C@H]1COc2ccccc2O1. The molecule has 1 saturated heterocycles. The average molecular weight is 402 g/mol. The van der Waals surface area contributed by atoms with Gasteiger partial charge in [0.1, 0.15) is 6.61 Å². The van der Waals surface area contributed by atoms with Crippen LogP contribution in [0.15, 0.2) is 53.4 Å². The minimum atomic E-state index is -3.49. The van der Waals surface area contributed by atoms with Gasteiger partial charge in [-0.05, 0) is 49.2 Å². The van der Waals surface area contributed by atoms with Crippen LogP contribution in [0.3, 0.4) is 0 Å². The molecular weight excluding hydrogens is 380 g/mol. The van der Waals surface area contributed by atoms with Crippen LogP contribution in [0.25, 0.3) is 0 Å². The predicted octanol–water partition coefficient (Wildman–Crippen LogP) is 2.64. The molecule has 2 aromatic carbocycles. The molecule has 1 N–H and O–H groups in total. The molecule has 1 fully saturated rings. The van der Waals surface area contributed by atoms with Crippen molar-refractivity contribution >= 4 is 21.6 Å². The molecule has 28 heavy (non-hydrogen) atoms. The molecule has 0 aliphatic carbocycles. The zero-order valence-corrected chi connectivity index (χ0v) is 16.2. The zero-order valence-electron chi connectivity index (χ0n) is 15.3. The van der Waals surface area contributed by atoms with Crippen LogP contribution in [0.5, 0.6) is 11.5 Å². The van der Waals surface area contributed by atoms with E-state index in [4.69, 9.17) is 9.47 Å². The number of piperidine rings is 1. The first kappa shape index (κ1) is 18.8. The van der Waals surface area contributed by atoms with Crippen molar-refractivity contribution in [2.75, 3.05) is 25.0 Å². The fourth-order valence-electron chi connectivity index (χ4n) is 3.34. The summed E-state index contributed by atoms with van der Waals surface area (Å²) in [5, 5.41) is 2.75. The number of amides is 1. The number of nitrogens with zero attached hydrogens (tertiary/aromatic N) is 1. The molecule has 4 rings (SSSR count). The van der Waals surface area contributed by atoms with Gasteiger partial charge in [0.2, 0.25) is 16.1 Å². The fourth-order valence-corrected chi connectivity index (χ4v) is 4.85. The molecule has 0 bridgehead atoms. The highest BCUT2D eigenvalue weighted by molar-refractivity contribution is 7.89. The number of carbonyl (C=O) groups is 1. The molecule has 7 nitrogen and oxygen atoms in total. The number of ether oxygens (including phenoxy) is 2. The Labute approximate surface area is 164 Å². The largest absolute Gasteiger partial charge is 0.485 e. The van der Waals surface area contributed by atoms with Crippen molar-refractivity contribution in [3.05, 3.63) is 48.5 Å². The lowest BCUT2D eigenvalue weighted by Gasteiger charge is -2.26. The first-order chi connectivity index (χ1) is 13.5. The number of hydrogen-bond acceptors (Lipinski definition) is 5. The maximum absolute atomic E-state index is 12.7. The summed E-state index contributed by atoms with van der Waals surface area (Å²) in [4.78, 5) is 12.7. The van der Waals surface area contributed by atoms with Gasteiger partial charge in [-0.2, -0.15) is 4.31 Å². The smallest absolute Gasteiger partial charge is 0.269 e. The predicted molar refractivity (Wildman–Crippen MR) is 104 cm³/mol. The summed E-state index contributed by atoms with van der Waals surface area (Å²) < 4.78 is 38.1. The van der Waals surface area contributed by atoms with Crippen LogP contribution in [0.4, 0.5) is 5.69 Å². The third-order valence-electron chi connectivity index (χ3n) is 4.88. The highest BCUT2D eigenvalue weighted by Crippen LogP contribution is 2.31. The highest BCUT2D eigenvalue weighted by Gasteiger charge is 2.28. The second-order valence-electron chi connectivity index (χ2n) is 6.84. The summed E-state index contributed by atoms with van der Waals surface area (Å²) >= 11 is 0. The van der Waals surface area contributed by atoms with Gasteiger partial charge in [0, 0.05) is 18.8 Å². The highest BCUT2D eigenvalue weighted by atomic mass is 32.2. The van der Waals surface area contributed by atoms with Crippen LogP contribution in [-0.2, 0) is 14.8 Å². The van der Waals surface area contributed by atoms with Crippen LogP contribution in [-0.4, -0.2) is 44.4 Å². The summed E-state index contributed by atoms with van der Waals surface area (Å²) in [6.45, 7) is 1.23. The van der Waals surface area contributed by atoms with Gasteiger partial charge < -0.3 is 14.8 Å². The van der Waals surface area contributed by atoms with E-state index in [-0.39, 0.29) is 17.4 Å². The van der Waals surface area contributed by atoms with Crippen LogP contribution < -0.4 is 14.8 Å². The molecule has 1 amide bonds. The van der Waals surface area contributed by atoms with E-state index in [2.05, 4.69) is 5.32 Å². The Morgan fingerprint density at radius 2 is 1.64 bits per heavy atom. The minimum absolute atomic E-state index is 0.115. The van der Waals surface area contributed by atoms with Gasteiger partial charge in [-0.25, -0.2) is 8.42 Å². The Kier molecular flexibility index (Phi) is 5.23. The number of anilines is 1. The summed E-state index contributed by atoms with van der Waals surface area (Å²) in [6, 6.07) is 13.4. The quantitative estimate of drug-likeness (QED) is 0.850. The van der Waals surface area contributed by atoms with Gasteiger partial charge in [0.15, 0.2) is 11.5 Å². The lowest BCUT2D eigenvalue weighted by molar-refractivity contribution is -0.125. The molecule has 2 aromatic rings. The van der Waals surface area contributed by atoms with Gasteiger partial charge >= 0.3 is 0 Å². The van der Waals surface area contributed by atoms with E-state index in [1.165, 1.54) is 16.4 Å². The maximum atomic E-state index is 12.7. The van der Waals surface area contributed by atoms with E-state index in [0.717, 1.165) is 19.3 Å². The van der Waals surface area contributed by atoms with Gasteiger partial charge in [0.25, 0.3) is 5.91 Å². The number of para-hydroxylation sites is 2. The number of fused-ring (bicyclic) bond motifs is 1. The van der Waals surface area contributed by atoms with Crippen LogP contribution in [0.1, 0.15) is 19.3 Å². The molecule has 0 unspecified atom stereocenters. The van der Waals surface area contributed by atoms with E-state index in [1.54, 1.807) is 24.3 Å². The van der Waals surface area contributed by atoms with E-state index in [9.17, 15) is 13.2 Å². The summed E-state index contributed by atoms with van der Waals surface area (Å²) in [5.74, 6) is 0.789. The van der Waals surface area contributed by atoms with Gasteiger partial charge in [-0.1, -0.05) is 18.6 Å². The molecule has 148 valence electrons. The summed E-state index contributed by atoms with van der Waals surface area (Å²) in [7, 11) is -3.49. The lowest BCUT2D eigenvalue weighted by atomic mass is 10.2. The van der Waals surface area contributed by atoms with E-state index in [0.29, 0.717) is 30.3 Å². The van der Waals surface area contributed by atoms with Crippen LogP contribution >= 0.6 is 0 Å². The fraction of sp³-hybridized carbons (Fsp3) is 0.350. The molecule has 2 aliphatic heterocycles. The van der Waals surface area contributed by atoms with Gasteiger partial charge in [-0.15, -0.1) is 0 Å². The summed E-state index contributed by atoms with van der Waals surface area (Å²) in [5.41, 5.74) is 0.505. The molecule has 2 heterocycles. The first-order valence-corrected chi connectivity index (χ1v) is 10.8. The summed E-state index contributed by atoms with van der Waals surface area (Å²) in [6.07, 6.45) is 2.07. The molecular formula is C20H22N2O5S. The Morgan fingerprint density at radius 1 is 0.964 bits per heavy atom.